The summed E-state index contributed by atoms with van der Waals surface area (Å²) in [6.07, 6.45) is 0. The molecule has 0 bridgehead atoms. The fourth-order valence-electron chi connectivity index (χ4n) is 3.69. The molecule has 0 fully saturated rings. The number of rotatable bonds is 4. The zero-order valence-corrected chi connectivity index (χ0v) is 20.9. The van der Waals surface area contributed by atoms with Gasteiger partial charge in [0, 0.05) is 21.2 Å². The van der Waals surface area contributed by atoms with Crippen molar-refractivity contribution < 1.29 is 9.15 Å². The Bertz CT molecular complexity index is 1370. The third-order valence-corrected chi connectivity index (χ3v) is 6.61. The van der Waals surface area contributed by atoms with Crippen LogP contribution in [0.4, 0.5) is 0 Å². The molecule has 1 aromatic heterocycles. The lowest BCUT2D eigenvalue weighted by atomic mass is 9.86. The van der Waals surface area contributed by atoms with Gasteiger partial charge in [-0.1, -0.05) is 74.3 Å². The van der Waals surface area contributed by atoms with E-state index in [0.717, 1.165) is 16.7 Å². The van der Waals surface area contributed by atoms with E-state index in [2.05, 4.69) is 32.9 Å². The van der Waals surface area contributed by atoms with Gasteiger partial charge in [0.05, 0.1) is 5.39 Å². The Morgan fingerprint density at radius 1 is 0.909 bits per heavy atom. The molecule has 0 saturated carbocycles. The Morgan fingerprint density at radius 2 is 1.52 bits per heavy atom. The summed E-state index contributed by atoms with van der Waals surface area (Å²) in [4.78, 5) is 13.6. The highest BCUT2D eigenvalue weighted by molar-refractivity contribution is 6.35. The quantitative estimate of drug-likeness (QED) is 0.295. The lowest BCUT2D eigenvalue weighted by molar-refractivity contribution is 0.298. The van der Waals surface area contributed by atoms with E-state index in [9.17, 15) is 4.79 Å². The highest BCUT2D eigenvalue weighted by Gasteiger charge is 2.21. The summed E-state index contributed by atoms with van der Waals surface area (Å²) >= 11 is 12.6. The second-order valence-electron chi connectivity index (χ2n) is 9.34. The van der Waals surface area contributed by atoms with E-state index in [1.807, 2.05) is 38.1 Å². The van der Waals surface area contributed by atoms with Crippen LogP contribution in [0.15, 0.2) is 63.8 Å². The second kappa shape index (κ2) is 8.89. The van der Waals surface area contributed by atoms with Gasteiger partial charge in [-0.25, -0.2) is 0 Å². The fourth-order valence-corrected chi connectivity index (χ4v) is 4.20. The van der Waals surface area contributed by atoms with Crippen LogP contribution in [0.2, 0.25) is 10.0 Å². The van der Waals surface area contributed by atoms with Gasteiger partial charge in [0.1, 0.15) is 12.2 Å². The number of fused-ring (bicyclic) bond motifs is 1. The number of benzene rings is 3. The molecule has 0 atom stereocenters. The number of ether oxygens (including phenoxy) is 1. The number of halogens is 2. The molecule has 0 spiro atoms. The van der Waals surface area contributed by atoms with E-state index in [1.165, 1.54) is 5.56 Å². The number of hydrogen-bond donors (Lipinski definition) is 0. The second-order valence-corrected chi connectivity index (χ2v) is 10.2. The minimum Gasteiger partial charge on any atom is -0.481 e. The van der Waals surface area contributed by atoms with Gasteiger partial charge in [0.15, 0.2) is 5.76 Å². The molecule has 0 radical (unpaired) electrons. The van der Waals surface area contributed by atoms with Crippen LogP contribution in [-0.2, 0) is 12.0 Å². The molecule has 3 aromatic carbocycles. The molecule has 0 aliphatic carbocycles. The molecule has 0 aliphatic heterocycles. The molecule has 0 saturated heterocycles. The number of hydrogen-bond acceptors (Lipinski definition) is 3. The highest BCUT2D eigenvalue weighted by Crippen LogP contribution is 2.35. The van der Waals surface area contributed by atoms with Crippen LogP contribution in [0.1, 0.15) is 43.0 Å². The summed E-state index contributed by atoms with van der Waals surface area (Å²) in [5.41, 5.74) is 4.95. The zero-order valence-electron chi connectivity index (χ0n) is 19.4. The van der Waals surface area contributed by atoms with Crippen molar-refractivity contribution in [2.75, 3.05) is 0 Å². The first kappa shape index (κ1) is 23.4. The molecule has 33 heavy (non-hydrogen) atoms. The van der Waals surface area contributed by atoms with E-state index >= 15 is 0 Å². The molecule has 170 valence electrons. The normalized spacial score (nSPS) is 11.7. The molecule has 4 rings (SSSR count). The third-order valence-electron chi connectivity index (χ3n) is 5.90. The van der Waals surface area contributed by atoms with Gasteiger partial charge in [-0.2, -0.15) is 0 Å². The predicted molar refractivity (Wildman–Crippen MR) is 137 cm³/mol. The standard InChI is InChI=1S/C28H26Cl2O3/c1-16-13-20-24(14-17(16)2)33-26(18-9-11-19(12-10-18)28(3,4)5)27(25(20)31)32-15-21-22(29)7-6-8-23(21)30/h6-14H,15H2,1-5H3. The van der Waals surface area contributed by atoms with Gasteiger partial charge >= 0.3 is 0 Å². The van der Waals surface area contributed by atoms with Crippen molar-refractivity contribution in [1.29, 1.82) is 0 Å². The highest BCUT2D eigenvalue weighted by atomic mass is 35.5. The first-order chi connectivity index (χ1) is 15.6. The van der Waals surface area contributed by atoms with Crippen LogP contribution < -0.4 is 10.2 Å². The lowest BCUT2D eigenvalue weighted by Gasteiger charge is -2.19. The van der Waals surface area contributed by atoms with Crippen molar-refractivity contribution in [2.45, 2.75) is 46.6 Å². The summed E-state index contributed by atoms with van der Waals surface area (Å²) < 4.78 is 12.3. The fraction of sp³-hybridized carbons (Fsp3) is 0.250. The molecule has 5 heteroatoms. The topological polar surface area (TPSA) is 39.4 Å². The molecule has 0 aliphatic rings. The first-order valence-corrected chi connectivity index (χ1v) is 11.6. The van der Waals surface area contributed by atoms with Crippen molar-refractivity contribution in [3.05, 3.63) is 97.1 Å². The van der Waals surface area contributed by atoms with Crippen LogP contribution in [0.25, 0.3) is 22.3 Å². The Balaban J connectivity index is 1.88. The Morgan fingerprint density at radius 3 is 2.12 bits per heavy atom. The van der Waals surface area contributed by atoms with Gasteiger partial charge in [-0.3, -0.25) is 4.79 Å². The van der Waals surface area contributed by atoms with E-state index in [1.54, 1.807) is 18.2 Å². The largest absolute Gasteiger partial charge is 0.481 e. The van der Waals surface area contributed by atoms with E-state index in [4.69, 9.17) is 32.4 Å². The molecule has 3 nitrogen and oxygen atoms in total. The Kier molecular flexibility index (Phi) is 6.30. The maximum atomic E-state index is 13.6. The lowest BCUT2D eigenvalue weighted by Crippen LogP contribution is -2.12. The molecular weight excluding hydrogens is 455 g/mol. The maximum Gasteiger partial charge on any atom is 0.235 e. The van der Waals surface area contributed by atoms with Gasteiger partial charge in [0.25, 0.3) is 0 Å². The average Bonchev–Trinajstić information content (AvgIpc) is 2.75. The average molecular weight is 481 g/mol. The minimum atomic E-state index is -0.225. The van der Waals surface area contributed by atoms with Crippen LogP contribution in [0.3, 0.4) is 0 Å². The van der Waals surface area contributed by atoms with Crippen molar-refractivity contribution in [3.8, 4) is 17.1 Å². The van der Waals surface area contributed by atoms with Crippen molar-refractivity contribution in [1.82, 2.24) is 0 Å². The molecule has 0 unspecified atom stereocenters. The van der Waals surface area contributed by atoms with Gasteiger partial charge in [-0.05, 0) is 60.2 Å². The van der Waals surface area contributed by atoms with Crippen LogP contribution in [0, 0.1) is 13.8 Å². The molecule has 1 heterocycles. The SMILES string of the molecule is Cc1cc2oc(-c3ccc(C(C)(C)C)cc3)c(OCc3c(Cl)cccc3Cl)c(=O)c2cc1C. The molecule has 0 amide bonds. The van der Waals surface area contributed by atoms with Gasteiger partial charge in [-0.15, -0.1) is 0 Å². The van der Waals surface area contributed by atoms with Crippen molar-refractivity contribution in [3.63, 3.8) is 0 Å². The minimum absolute atomic E-state index is 0.0114. The summed E-state index contributed by atoms with van der Waals surface area (Å²) in [5, 5.41) is 1.44. The Hall–Kier alpha value is -2.75. The predicted octanol–water partition coefficient (Wildman–Crippen LogP) is 8.26. The monoisotopic (exact) mass is 480 g/mol. The molecular formula is C28H26Cl2O3. The van der Waals surface area contributed by atoms with Gasteiger partial charge in [0.2, 0.25) is 11.2 Å². The zero-order chi connectivity index (χ0) is 23.9. The van der Waals surface area contributed by atoms with E-state index in [0.29, 0.717) is 32.3 Å². The summed E-state index contributed by atoms with van der Waals surface area (Å²) in [6, 6.07) is 17.0. The van der Waals surface area contributed by atoms with Crippen molar-refractivity contribution >= 4 is 34.2 Å². The van der Waals surface area contributed by atoms with Crippen LogP contribution >= 0.6 is 23.2 Å². The first-order valence-electron chi connectivity index (χ1n) is 10.8. The molecule has 4 aromatic rings. The Labute approximate surface area is 203 Å². The van der Waals surface area contributed by atoms with Gasteiger partial charge < -0.3 is 9.15 Å². The molecule has 0 N–H and O–H groups in total. The smallest absolute Gasteiger partial charge is 0.235 e. The van der Waals surface area contributed by atoms with E-state index in [-0.39, 0.29) is 23.2 Å². The van der Waals surface area contributed by atoms with Crippen molar-refractivity contribution in [2.24, 2.45) is 0 Å². The third kappa shape index (κ3) is 4.66. The number of aryl methyl sites for hydroxylation is 2. The van der Waals surface area contributed by atoms with Crippen LogP contribution in [-0.4, -0.2) is 0 Å². The summed E-state index contributed by atoms with van der Waals surface area (Å²) in [5.74, 6) is 0.532. The van der Waals surface area contributed by atoms with E-state index < -0.39 is 0 Å². The summed E-state index contributed by atoms with van der Waals surface area (Å²) in [7, 11) is 0. The maximum absolute atomic E-state index is 13.6. The van der Waals surface area contributed by atoms with Crippen LogP contribution in [0.5, 0.6) is 5.75 Å². The summed E-state index contributed by atoms with van der Waals surface area (Å²) in [6.45, 7) is 10.5.